The molecule has 0 atom stereocenters. The molecule has 1 saturated heterocycles. The summed E-state index contributed by atoms with van der Waals surface area (Å²) in [6.45, 7) is 2.52. The number of carbonyl (C=O) groups is 2. The van der Waals surface area contributed by atoms with Crippen LogP contribution in [0.3, 0.4) is 0 Å². The number of rotatable bonds is 6. The van der Waals surface area contributed by atoms with Gasteiger partial charge >= 0.3 is 0 Å². The molecule has 0 unspecified atom stereocenters. The van der Waals surface area contributed by atoms with Gasteiger partial charge < -0.3 is 25.0 Å². The Balaban J connectivity index is 1.49. The number of nitrogens with zero attached hydrogens (tertiary/aromatic N) is 2. The standard InChI is InChI=1S/C25H24BrN5O4/c1-34-19-7-8-21(20(14-19)25(33)30-22-9-6-18(26)15-28-22)29-24(32)17-4-2-16(3-5-17)23(27)31-10-12-35-13-11-31/h2-9,14-15,27H,10-13H2,1H3,(H,29,32)(H,28,30,33). The first kappa shape index (κ1) is 24.4. The van der Waals surface area contributed by atoms with Gasteiger partial charge in [0.15, 0.2) is 0 Å². The average Bonchev–Trinajstić information content (AvgIpc) is 2.90. The van der Waals surface area contributed by atoms with E-state index in [1.807, 2.05) is 4.90 Å². The van der Waals surface area contributed by atoms with Gasteiger partial charge in [0.25, 0.3) is 11.8 Å². The van der Waals surface area contributed by atoms with E-state index in [9.17, 15) is 9.59 Å². The monoisotopic (exact) mass is 537 g/mol. The second-order valence-electron chi connectivity index (χ2n) is 7.71. The van der Waals surface area contributed by atoms with Crippen LogP contribution in [0.1, 0.15) is 26.3 Å². The van der Waals surface area contributed by atoms with Crippen LogP contribution in [0, 0.1) is 5.41 Å². The highest BCUT2D eigenvalue weighted by atomic mass is 79.9. The van der Waals surface area contributed by atoms with Crippen molar-refractivity contribution >= 4 is 45.1 Å². The van der Waals surface area contributed by atoms with Gasteiger partial charge in [0.2, 0.25) is 0 Å². The van der Waals surface area contributed by atoms with Gasteiger partial charge in [-0.2, -0.15) is 0 Å². The van der Waals surface area contributed by atoms with Crippen molar-refractivity contribution in [1.29, 1.82) is 5.41 Å². The van der Waals surface area contributed by atoms with Crippen molar-refractivity contribution in [2.45, 2.75) is 0 Å². The topological polar surface area (TPSA) is 117 Å². The summed E-state index contributed by atoms with van der Waals surface area (Å²) in [4.78, 5) is 32.0. The second kappa shape index (κ2) is 11.1. The van der Waals surface area contributed by atoms with Crippen LogP contribution in [0.5, 0.6) is 5.75 Å². The predicted molar refractivity (Wildman–Crippen MR) is 137 cm³/mol. The molecule has 0 saturated carbocycles. The van der Waals surface area contributed by atoms with E-state index in [-0.39, 0.29) is 11.5 Å². The van der Waals surface area contributed by atoms with E-state index in [0.717, 1.165) is 10.0 Å². The number of ether oxygens (including phenoxy) is 2. The van der Waals surface area contributed by atoms with Gasteiger partial charge in [-0.25, -0.2) is 4.98 Å². The number of carbonyl (C=O) groups excluding carboxylic acids is 2. The van der Waals surface area contributed by atoms with Crippen LogP contribution in [0.15, 0.2) is 65.3 Å². The third-order valence-corrected chi connectivity index (χ3v) is 5.91. The van der Waals surface area contributed by atoms with Crippen molar-refractivity contribution < 1.29 is 19.1 Å². The normalized spacial score (nSPS) is 13.1. The molecule has 1 fully saturated rings. The van der Waals surface area contributed by atoms with E-state index in [2.05, 4.69) is 31.5 Å². The molecule has 3 N–H and O–H groups in total. The van der Waals surface area contributed by atoms with Gasteiger partial charge in [0.1, 0.15) is 17.4 Å². The van der Waals surface area contributed by atoms with Crippen molar-refractivity contribution in [2.24, 2.45) is 0 Å². The minimum absolute atomic E-state index is 0.230. The number of amides is 2. The third kappa shape index (κ3) is 6.03. The number of pyridine rings is 1. The SMILES string of the molecule is COc1ccc(NC(=O)c2ccc(C(=N)N3CCOCC3)cc2)c(C(=O)Nc2ccc(Br)cn2)c1. The molecule has 3 aromatic rings. The Morgan fingerprint density at radius 1 is 1.00 bits per heavy atom. The van der Waals surface area contributed by atoms with Gasteiger partial charge in [-0.1, -0.05) is 12.1 Å². The van der Waals surface area contributed by atoms with Gasteiger partial charge in [-0.3, -0.25) is 15.0 Å². The number of aromatic nitrogens is 1. The van der Waals surface area contributed by atoms with Crippen LogP contribution in [-0.2, 0) is 4.74 Å². The molecule has 1 aliphatic heterocycles. The first-order valence-electron chi connectivity index (χ1n) is 10.9. The molecule has 1 aliphatic rings. The first-order chi connectivity index (χ1) is 16.9. The molecule has 35 heavy (non-hydrogen) atoms. The van der Waals surface area contributed by atoms with Crippen molar-refractivity contribution in [2.75, 3.05) is 44.0 Å². The number of hydrogen-bond donors (Lipinski definition) is 3. The lowest BCUT2D eigenvalue weighted by Gasteiger charge is -2.29. The number of nitrogens with one attached hydrogen (secondary N) is 3. The van der Waals surface area contributed by atoms with Gasteiger partial charge in [0.05, 0.1) is 31.6 Å². The van der Waals surface area contributed by atoms with Crippen molar-refractivity contribution in [3.05, 3.63) is 82.0 Å². The third-order valence-electron chi connectivity index (χ3n) is 5.44. The summed E-state index contributed by atoms with van der Waals surface area (Å²) in [6, 6.07) is 15.1. The largest absolute Gasteiger partial charge is 0.497 e. The van der Waals surface area contributed by atoms with E-state index < -0.39 is 5.91 Å². The molecule has 1 aromatic heterocycles. The highest BCUT2D eigenvalue weighted by molar-refractivity contribution is 9.10. The molecule has 0 bridgehead atoms. The zero-order valence-corrected chi connectivity index (χ0v) is 20.6. The van der Waals surface area contributed by atoms with Gasteiger partial charge in [0, 0.05) is 34.9 Å². The van der Waals surface area contributed by atoms with Crippen LogP contribution < -0.4 is 15.4 Å². The summed E-state index contributed by atoms with van der Waals surface area (Å²) in [6.07, 6.45) is 1.58. The molecule has 2 amide bonds. The summed E-state index contributed by atoms with van der Waals surface area (Å²) in [5.74, 6) is 0.425. The highest BCUT2D eigenvalue weighted by Crippen LogP contribution is 2.24. The maximum absolute atomic E-state index is 13.0. The highest BCUT2D eigenvalue weighted by Gasteiger charge is 2.18. The van der Waals surface area contributed by atoms with Crippen LogP contribution in [0.4, 0.5) is 11.5 Å². The lowest BCUT2D eigenvalue weighted by Crippen LogP contribution is -2.40. The van der Waals surface area contributed by atoms with Crippen LogP contribution >= 0.6 is 15.9 Å². The fraction of sp³-hybridized carbons (Fsp3) is 0.200. The summed E-state index contributed by atoms with van der Waals surface area (Å²) in [7, 11) is 1.50. The smallest absolute Gasteiger partial charge is 0.259 e. The van der Waals surface area contributed by atoms with Crippen LogP contribution in [0.2, 0.25) is 0 Å². The van der Waals surface area contributed by atoms with E-state index in [1.165, 1.54) is 7.11 Å². The Hall–Kier alpha value is -3.76. The summed E-state index contributed by atoms with van der Waals surface area (Å²) >= 11 is 3.31. The lowest BCUT2D eigenvalue weighted by atomic mass is 10.1. The summed E-state index contributed by atoms with van der Waals surface area (Å²) < 4.78 is 11.4. The molecule has 10 heteroatoms. The Bertz CT molecular complexity index is 1230. The Morgan fingerprint density at radius 3 is 2.37 bits per heavy atom. The fourth-order valence-electron chi connectivity index (χ4n) is 3.52. The first-order valence-corrected chi connectivity index (χ1v) is 11.7. The Kier molecular flexibility index (Phi) is 7.74. The minimum Gasteiger partial charge on any atom is -0.497 e. The van der Waals surface area contributed by atoms with Crippen molar-refractivity contribution in [3.63, 3.8) is 0 Å². The van der Waals surface area contributed by atoms with E-state index in [1.54, 1.807) is 60.8 Å². The van der Waals surface area contributed by atoms with Gasteiger partial charge in [-0.15, -0.1) is 0 Å². The number of methoxy groups -OCH3 is 1. The Labute approximate surface area is 211 Å². The van der Waals surface area contributed by atoms with E-state index >= 15 is 0 Å². The maximum atomic E-state index is 13.0. The quantitative estimate of drug-likeness (QED) is 0.323. The van der Waals surface area contributed by atoms with E-state index in [0.29, 0.717) is 55.0 Å². The molecule has 2 heterocycles. The fourth-order valence-corrected chi connectivity index (χ4v) is 3.76. The average molecular weight is 538 g/mol. The molecule has 0 radical (unpaired) electrons. The summed E-state index contributed by atoms with van der Waals surface area (Å²) in [5.41, 5.74) is 1.68. The zero-order valence-electron chi connectivity index (χ0n) is 19.0. The second-order valence-corrected chi connectivity index (χ2v) is 8.62. The number of amidine groups is 1. The minimum atomic E-state index is -0.441. The van der Waals surface area contributed by atoms with Crippen molar-refractivity contribution in [3.8, 4) is 5.75 Å². The number of hydrogen-bond acceptors (Lipinski definition) is 6. The van der Waals surface area contributed by atoms with Crippen LogP contribution in [-0.4, -0.2) is 60.9 Å². The van der Waals surface area contributed by atoms with Gasteiger partial charge in [-0.05, 0) is 58.4 Å². The number of benzene rings is 2. The molecular formula is C25H24BrN5O4. The Morgan fingerprint density at radius 2 is 1.71 bits per heavy atom. The zero-order chi connectivity index (χ0) is 24.8. The van der Waals surface area contributed by atoms with E-state index in [4.69, 9.17) is 14.9 Å². The molecule has 180 valence electrons. The molecule has 0 aliphatic carbocycles. The number of halogens is 1. The number of anilines is 2. The summed E-state index contributed by atoms with van der Waals surface area (Å²) in [5, 5.41) is 13.9. The number of morpholine rings is 1. The molecule has 9 nitrogen and oxygen atoms in total. The lowest BCUT2D eigenvalue weighted by molar-refractivity contribution is 0.0680. The molecular weight excluding hydrogens is 514 g/mol. The van der Waals surface area contributed by atoms with Crippen molar-refractivity contribution in [1.82, 2.24) is 9.88 Å². The predicted octanol–water partition coefficient (Wildman–Crippen LogP) is 4.01. The molecule has 4 rings (SSSR count). The molecule has 0 spiro atoms. The maximum Gasteiger partial charge on any atom is 0.259 e. The molecule has 2 aromatic carbocycles. The van der Waals surface area contributed by atoms with Crippen LogP contribution in [0.25, 0.3) is 0 Å².